The van der Waals surface area contributed by atoms with Crippen molar-refractivity contribution < 1.29 is 23.7 Å². The van der Waals surface area contributed by atoms with Crippen molar-refractivity contribution in [2.24, 2.45) is 0 Å². The maximum atomic E-state index is 12.8. The second-order valence-electron chi connectivity index (χ2n) is 8.03. The van der Waals surface area contributed by atoms with Gasteiger partial charge in [0.25, 0.3) is 5.91 Å². The van der Waals surface area contributed by atoms with Crippen LogP contribution in [0.2, 0.25) is 0 Å². The molecule has 0 spiro atoms. The Morgan fingerprint density at radius 3 is 2.09 bits per heavy atom. The number of carbonyl (C=O) groups is 1. The molecule has 4 aromatic rings. The van der Waals surface area contributed by atoms with Crippen LogP contribution in [0.25, 0.3) is 21.5 Å². The molecular weight excluding hydrogens is 430 g/mol. The molecule has 0 aliphatic carbocycles. The van der Waals surface area contributed by atoms with Gasteiger partial charge in [-0.1, -0.05) is 30.3 Å². The summed E-state index contributed by atoms with van der Waals surface area (Å²) in [4.78, 5) is 14.6. The zero-order valence-corrected chi connectivity index (χ0v) is 20.2. The Hall–Kier alpha value is -3.93. The molecule has 0 fully saturated rings. The first-order chi connectivity index (χ1) is 16.5. The summed E-state index contributed by atoms with van der Waals surface area (Å²) in [6.45, 7) is 0.558. The van der Waals surface area contributed by atoms with Crippen LogP contribution in [0, 0.1) is 0 Å². The number of ether oxygens (including phenoxy) is 4. The predicted octanol–water partition coefficient (Wildman–Crippen LogP) is 5.34. The van der Waals surface area contributed by atoms with E-state index < -0.39 is 0 Å². The van der Waals surface area contributed by atoms with Crippen molar-refractivity contribution in [1.82, 2.24) is 4.90 Å². The molecule has 0 saturated heterocycles. The molecule has 0 heterocycles. The molecule has 6 heteroatoms. The summed E-state index contributed by atoms with van der Waals surface area (Å²) in [6.07, 6.45) is 0.657. The Bertz CT molecular complexity index is 1330. The van der Waals surface area contributed by atoms with Gasteiger partial charge in [-0.05, 0) is 58.5 Å². The molecule has 0 aliphatic heterocycles. The predicted molar refractivity (Wildman–Crippen MR) is 135 cm³/mol. The molecule has 0 N–H and O–H groups in total. The molecular formula is C28H29NO5. The number of likely N-dealkylation sites (N-methyl/N-ethyl adjacent to an activating group) is 1. The first-order valence-corrected chi connectivity index (χ1v) is 11.0. The van der Waals surface area contributed by atoms with Crippen LogP contribution in [0.5, 0.6) is 23.0 Å². The fourth-order valence-corrected chi connectivity index (χ4v) is 4.34. The first kappa shape index (κ1) is 23.2. The van der Waals surface area contributed by atoms with Gasteiger partial charge in [0.2, 0.25) is 0 Å². The van der Waals surface area contributed by atoms with E-state index in [1.807, 2.05) is 55.6 Å². The molecule has 176 valence electrons. The monoisotopic (exact) mass is 459 g/mol. The largest absolute Gasteiger partial charge is 0.493 e. The minimum absolute atomic E-state index is 0.00679. The van der Waals surface area contributed by atoms with E-state index in [4.69, 9.17) is 18.9 Å². The number of amides is 1. The lowest BCUT2D eigenvalue weighted by atomic mass is 9.95. The molecule has 0 aliphatic rings. The zero-order chi connectivity index (χ0) is 24.2. The van der Waals surface area contributed by atoms with E-state index >= 15 is 0 Å². The molecule has 0 atom stereocenters. The Kier molecular flexibility index (Phi) is 6.77. The van der Waals surface area contributed by atoms with E-state index in [0.717, 1.165) is 27.1 Å². The van der Waals surface area contributed by atoms with Crippen molar-refractivity contribution in [1.29, 1.82) is 0 Å². The molecule has 1 amide bonds. The number of benzene rings is 4. The highest BCUT2D eigenvalue weighted by Gasteiger charge is 2.19. The number of rotatable bonds is 8. The minimum Gasteiger partial charge on any atom is -0.493 e. The molecule has 0 aromatic heterocycles. The number of nitrogens with zero attached hydrogens (tertiary/aromatic N) is 1. The van der Waals surface area contributed by atoms with Gasteiger partial charge in [0.1, 0.15) is 0 Å². The van der Waals surface area contributed by atoms with E-state index in [0.29, 0.717) is 41.5 Å². The molecule has 6 nitrogen and oxygen atoms in total. The van der Waals surface area contributed by atoms with Crippen LogP contribution < -0.4 is 18.9 Å². The highest BCUT2D eigenvalue weighted by Crippen LogP contribution is 2.44. The third kappa shape index (κ3) is 4.19. The summed E-state index contributed by atoms with van der Waals surface area (Å²) in [5.74, 6) is 2.60. The van der Waals surface area contributed by atoms with Gasteiger partial charge < -0.3 is 23.8 Å². The highest BCUT2D eigenvalue weighted by molar-refractivity contribution is 6.13. The summed E-state index contributed by atoms with van der Waals surface area (Å²) < 4.78 is 22.5. The average molecular weight is 460 g/mol. The molecule has 4 rings (SSSR count). The lowest BCUT2D eigenvalue weighted by Gasteiger charge is -2.20. The van der Waals surface area contributed by atoms with E-state index in [1.54, 1.807) is 33.3 Å². The molecule has 0 bridgehead atoms. The Morgan fingerprint density at radius 1 is 0.765 bits per heavy atom. The summed E-state index contributed by atoms with van der Waals surface area (Å²) >= 11 is 0. The number of fused-ring (bicyclic) bond motifs is 3. The van der Waals surface area contributed by atoms with Crippen LogP contribution in [0.15, 0.2) is 60.7 Å². The highest BCUT2D eigenvalue weighted by atomic mass is 16.5. The topological polar surface area (TPSA) is 57.2 Å². The van der Waals surface area contributed by atoms with Gasteiger partial charge in [0, 0.05) is 24.5 Å². The van der Waals surface area contributed by atoms with Crippen molar-refractivity contribution >= 4 is 27.5 Å². The lowest BCUT2D eigenvalue weighted by Crippen LogP contribution is -2.28. The second kappa shape index (κ2) is 9.91. The van der Waals surface area contributed by atoms with Crippen LogP contribution in [0.1, 0.15) is 15.9 Å². The van der Waals surface area contributed by atoms with Gasteiger partial charge in [-0.25, -0.2) is 0 Å². The van der Waals surface area contributed by atoms with Crippen LogP contribution in [0.4, 0.5) is 0 Å². The summed E-state index contributed by atoms with van der Waals surface area (Å²) in [5.41, 5.74) is 1.74. The minimum atomic E-state index is -0.00679. The van der Waals surface area contributed by atoms with Crippen molar-refractivity contribution in [2.75, 3.05) is 42.0 Å². The van der Waals surface area contributed by atoms with Crippen LogP contribution >= 0.6 is 0 Å². The maximum Gasteiger partial charge on any atom is 0.253 e. The van der Waals surface area contributed by atoms with Gasteiger partial charge in [0.15, 0.2) is 23.0 Å². The Balaban J connectivity index is 1.81. The van der Waals surface area contributed by atoms with Crippen molar-refractivity contribution in [2.45, 2.75) is 6.42 Å². The van der Waals surface area contributed by atoms with E-state index in [-0.39, 0.29) is 5.91 Å². The zero-order valence-electron chi connectivity index (χ0n) is 20.2. The van der Waals surface area contributed by atoms with E-state index in [2.05, 4.69) is 12.1 Å². The quantitative estimate of drug-likeness (QED) is 0.333. The second-order valence-corrected chi connectivity index (χ2v) is 8.03. The SMILES string of the molecule is COc1cc2ccc3c(CCN(C)C(=O)c4ccccc4)cc(OC)c(OC)c3c2cc1OC. The Labute approximate surface area is 199 Å². The summed E-state index contributed by atoms with van der Waals surface area (Å²) in [6, 6.07) is 19.4. The number of hydrogen-bond donors (Lipinski definition) is 0. The standard InChI is InChI=1S/C28H29NO5/c1-29(28(30)18-9-7-6-8-10-18)14-13-20-16-25(33-4)27(34-5)26-21(20)12-11-19-15-23(31-2)24(32-3)17-22(19)26/h6-12,15-17H,13-14H2,1-5H3. The Morgan fingerprint density at radius 2 is 1.44 bits per heavy atom. The van der Waals surface area contributed by atoms with Crippen molar-refractivity contribution in [3.05, 3.63) is 71.8 Å². The van der Waals surface area contributed by atoms with Crippen LogP contribution in [0.3, 0.4) is 0 Å². The average Bonchev–Trinajstić information content (AvgIpc) is 2.89. The fourth-order valence-electron chi connectivity index (χ4n) is 4.34. The van der Waals surface area contributed by atoms with Gasteiger partial charge in [-0.3, -0.25) is 4.79 Å². The summed E-state index contributed by atoms with van der Waals surface area (Å²) in [7, 11) is 8.35. The van der Waals surface area contributed by atoms with Crippen molar-refractivity contribution in [3.63, 3.8) is 0 Å². The first-order valence-electron chi connectivity index (χ1n) is 11.0. The van der Waals surface area contributed by atoms with Crippen LogP contribution in [-0.4, -0.2) is 52.8 Å². The molecule has 0 radical (unpaired) electrons. The maximum absolute atomic E-state index is 12.8. The number of carbonyl (C=O) groups excluding carboxylic acids is 1. The molecule has 4 aromatic carbocycles. The van der Waals surface area contributed by atoms with E-state index in [1.165, 1.54) is 0 Å². The van der Waals surface area contributed by atoms with Gasteiger partial charge in [-0.2, -0.15) is 0 Å². The normalized spacial score (nSPS) is 10.9. The summed E-state index contributed by atoms with van der Waals surface area (Å²) in [5, 5.41) is 3.95. The number of methoxy groups -OCH3 is 4. The van der Waals surface area contributed by atoms with Gasteiger partial charge in [-0.15, -0.1) is 0 Å². The third-order valence-electron chi connectivity index (χ3n) is 6.13. The van der Waals surface area contributed by atoms with Gasteiger partial charge >= 0.3 is 0 Å². The van der Waals surface area contributed by atoms with Crippen molar-refractivity contribution in [3.8, 4) is 23.0 Å². The lowest BCUT2D eigenvalue weighted by molar-refractivity contribution is 0.0796. The number of hydrogen-bond acceptors (Lipinski definition) is 5. The molecule has 34 heavy (non-hydrogen) atoms. The smallest absolute Gasteiger partial charge is 0.253 e. The van der Waals surface area contributed by atoms with Crippen LogP contribution in [-0.2, 0) is 6.42 Å². The fraction of sp³-hybridized carbons (Fsp3) is 0.250. The third-order valence-corrected chi connectivity index (χ3v) is 6.13. The molecule has 0 unspecified atom stereocenters. The molecule has 0 saturated carbocycles. The van der Waals surface area contributed by atoms with E-state index in [9.17, 15) is 4.79 Å². The van der Waals surface area contributed by atoms with Gasteiger partial charge in [0.05, 0.1) is 28.4 Å².